The molecule has 3 aromatic rings. The summed E-state index contributed by atoms with van der Waals surface area (Å²) in [5.74, 6) is 3.23. The number of benzene rings is 1. The molecule has 0 spiro atoms. The molecule has 146 valence electrons. The third-order valence-electron chi connectivity index (χ3n) is 4.74. The maximum atomic E-state index is 12.2. The zero-order chi connectivity index (χ0) is 20.1. The molecule has 1 N–H and O–H groups in total. The summed E-state index contributed by atoms with van der Waals surface area (Å²) in [6.45, 7) is 0.375. The zero-order valence-electron chi connectivity index (χ0n) is 15.9. The van der Waals surface area contributed by atoms with Crippen LogP contribution >= 0.6 is 0 Å². The molecule has 7 heteroatoms. The number of terminal acetylenes is 1. The summed E-state index contributed by atoms with van der Waals surface area (Å²) in [7, 11) is 0. The molecule has 1 aliphatic heterocycles. The van der Waals surface area contributed by atoms with Crippen LogP contribution in [0.5, 0.6) is 5.75 Å². The highest BCUT2D eigenvalue weighted by atomic mass is 16.5. The molecule has 3 heterocycles. The average Bonchev–Trinajstić information content (AvgIpc) is 3.39. The third kappa shape index (κ3) is 4.79. The molecule has 0 fully saturated rings. The lowest BCUT2D eigenvalue weighted by Gasteiger charge is -2.10. The third-order valence-corrected chi connectivity index (χ3v) is 4.74. The first-order chi connectivity index (χ1) is 14.2. The number of carbonyl (C=O) groups is 1. The number of nitrogens with one attached hydrogen (secondary N) is 1. The van der Waals surface area contributed by atoms with Crippen molar-refractivity contribution in [2.45, 2.75) is 38.0 Å². The minimum Gasteiger partial charge on any atom is -0.487 e. The highest BCUT2D eigenvalue weighted by Gasteiger charge is 2.39. The van der Waals surface area contributed by atoms with Crippen molar-refractivity contribution in [2.24, 2.45) is 10.2 Å². The van der Waals surface area contributed by atoms with Gasteiger partial charge in [-0.05, 0) is 36.4 Å². The fourth-order valence-electron chi connectivity index (χ4n) is 3.05. The fourth-order valence-corrected chi connectivity index (χ4v) is 3.05. The highest BCUT2D eigenvalue weighted by molar-refractivity contribution is 5.90. The predicted octanol–water partition coefficient (Wildman–Crippen LogP) is 4.21. The van der Waals surface area contributed by atoms with E-state index in [9.17, 15) is 4.79 Å². The van der Waals surface area contributed by atoms with E-state index in [0.717, 1.165) is 17.0 Å². The van der Waals surface area contributed by atoms with Crippen molar-refractivity contribution in [1.82, 2.24) is 9.38 Å². The van der Waals surface area contributed by atoms with Crippen LogP contribution in [0.15, 0.2) is 65.1 Å². The first-order valence-electron chi connectivity index (χ1n) is 9.49. The molecular weight excluding hydrogens is 366 g/mol. The van der Waals surface area contributed by atoms with Crippen LogP contribution in [0.1, 0.15) is 31.4 Å². The Kier molecular flexibility index (Phi) is 5.25. The van der Waals surface area contributed by atoms with Gasteiger partial charge in [-0.15, -0.1) is 12.3 Å². The van der Waals surface area contributed by atoms with Gasteiger partial charge in [0.15, 0.2) is 5.66 Å². The van der Waals surface area contributed by atoms with Gasteiger partial charge in [0.2, 0.25) is 5.91 Å². The van der Waals surface area contributed by atoms with Crippen LogP contribution in [0.25, 0.3) is 5.65 Å². The number of hydrogen-bond acceptors (Lipinski definition) is 5. The minimum atomic E-state index is -0.431. The molecule has 0 saturated carbocycles. The average molecular weight is 387 g/mol. The summed E-state index contributed by atoms with van der Waals surface area (Å²) >= 11 is 0. The van der Waals surface area contributed by atoms with E-state index in [1.165, 1.54) is 0 Å². The van der Waals surface area contributed by atoms with Crippen LogP contribution < -0.4 is 10.1 Å². The molecule has 0 bridgehead atoms. The van der Waals surface area contributed by atoms with Gasteiger partial charge in [-0.1, -0.05) is 6.07 Å². The van der Waals surface area contributed by atoms with Crippen LogP contribution in [0, 0.1) is 12.3 Å². The summed E-state index contributed by atoms with van der Waals surface area (Å²) < 4.78 is 7.74. The number of pyridine rings is 1. The molecule has 1 aliphatic rings. The summed E-state index contributed by atoms with van der Waals surface area (Å²) in [6.07, 6.45) is 11.4. The molecule has 1 amide bonds. The lowest BCUT2D eigenvalue weighted by Crippen LogP contribution is -2.17. The van der Waals surface area contributed by atoms with Crippen LogP contribution in [-0.2, 0) is 11.4 Å². The lowest BCUT2D eigenvalue weighted by molar-refractivity contribution is -0.116. The predicted molar refractivity (Wildman–Crippen MR) is 109 cm³/mol. The number of hydrogen-bond donors (Lipinski definition) is 1. The Morgan fingerprint density at radius 2 is 2.00 bits per heavy atom. The Bertz CT molecular complexity index is 1040. The number of aromatic nitrogens is 2. The second-order valence-electron chi connectivity index (χ2n) is 6.95. The first-order valence-corrected chi connectivity index (χ1v) is 9.49. The quantitative estimate of drug-likeness (QED) is 0.559. The molecule has 0 atom stereocenters. The van der Waals surface area contributed by atoms with E-state index in [2.05, 4.69) is 26.4 Å². The van der Waals surface area contributed by atoms with E-state index < -0.39 is 5.66 Å². The number of amides is 1. The molecule has 29 heavy (non-hydrogen) atoms. The number of carbonyl (C=O) groups excluding carboxylic acids is 1. The van der Waals surface area contributed by atoms with Crippen molar-refractivity contribution >= 4 is 17.2 Å². The lowest BCUT2D eigenvalue weighted by atomic mass is 10.0. The summed E-state index contributed by atoms with van der Waals surface area (Å²) in [6, 6.07) is 13.1. The van der Waals surface area contributed by atoms with Gasteiger partial charge >= 0.3 is 0 Å². The van der Waals surface area contributed by atoms with Gasteiger partial charge in [0.1, 0.15) is 18.0 Å². The van der Waals surface area contributed by atoms with E-state index in [0.29, 0.717) is 38.0 Å². The van der Waals surface area contributed by atoms with E-state index in [1.807, 2.05) is 59.3 Å². The normalized spacial score (nSPS) is 13.8. The molecule has 0 saturated heterocycles. The van der Waals surface area contributed by atoms with Crippen molar-refractivity contribution in [3.63, 3.8) is 0 Å². The summed E-state index contributed by atoms with van der Waals surface area (Å²) in [4.78, 5) is 16.7. The molecule has 0 unspecified atom stereocenters. The van der Waals surface area contributed by atoms with Crippen molar-refractivity contribution in [3.8, 4) is 18.1 Å². The smallest absolute Gasteiger partial charge is 0.224 e. The standard InChI is InChI=1S/C22H21N5O2/c1-2-3-12-22(25-26-22)13-11-21(28)24-17-7-9-19(10-8-17)29-16-18-15-27-14-5-4-6-20(27)23-18/h1,4-10,14-15H,3,11-13,16H2,(H,24,28). The number of anilines is 1. The van der Waals surface area contributed by atoms with Gasteiger partial charge in [0.25, 0.3) is 0 Å². The first kappa shape index (κ1) is 18.7. The van der Waals surface area contributed by atoms with Crippen LogP contribution in [0.3, 0.4) is 0 Å². The van der Waals surface area contributed by atoms with Crippen molar-refractivity contribution < 1.29 is 9.53 Å². The molecule has 4 rings (SSSR count). The molecule has 0 aliphatic carbocycles. The largest absolute Gasteiger partial charge is 0.487 e. The van der Waals surface area contributed by atoms with Crippen molar-refractivity contribution in [3.05, 3.63) is 60.6 Å². The Morgan fingerprint density at radius 1 is 1.17 bits per heavy atom. The number of imidazole rings is 1. The number of nitrogens with zero attached hydrogens (tertiary/aromatic N) is 4. The highest BCUT2D eigenvalue weighted by Crippen LogP contribution is 2.37. The number of ether oxygens (including phenoxy) is 1. The van der Waals surface area contributed by atoms with Gasteiger partial charge in [0, 0.05) is 43.8 Å². The maximum absolute atomic E-state index is 12.2. The number of fused-ring (bicyclic) bond motifs is 1. The fraction of sp³-hybridized carbons (Fsp3) is 0.273. The Morgan fingerprint density at radius 3 is 2.72 bits per heavy atom. The molecule has 2 aromatic heterocycles. The van der Waals surface area contributed by atoms with Gasteiger partial charge in [0.05, 0.1) is 5.69 Å². The van der Waals surface area contributed by atoms with Crippen LogP contribution in [0.4, 0.5) is 5.69 Å². The zero-order valence-corrected chi connectivity index (χ0v) is 15.9. The van der Waals surface area contributed by atoms with Crippen LogP contribution in [-0.4, -0.2) is 21.0 Å². The van der Waals surface area contributed by atoms with Gasteiger partial charge in [-0.25, -0.2) is 4.98 Å². The number of rotatable bonds is 9. The molecule has 1 aromatic carbocycles. The van der Waals surface area contributed by atoms with E-state index in [-0.39, 0.29) is 5.91 Å². The Labute approximate surface area is 168 Å². The maximum Gasteiger partial charge on any atom is 0.224 e. The molecule has 0 radical (unpaired) electrons. The van der Waals surface area contributed by atoms with Gasteiger partial charge in [-0.3, -0.25) is 4.79 Å². The van der Waals surface area contributed by atoms with E-state index >= 15 is 0 Å². The van der Waals surface area contributed by atoms with Gasteiger partial charge < -0.3 is 14.5 Å². The monoisotopic (exact) mass is 387 g/mol. The summed E-state index contributed by atoms with van der Waals surface area (Å²) in [5.41, 5.74) is 2.02. The van der Waals surface area contributed by atoms with E-state index in [4.69, 9.17) is 11.2 Å². The van der Waals surface area contributed by atoms with Gasteiger partial charge in [-0.2, -0.15) is 10.2 Å². The minimum absolute atomic E-state index is 0.0687. The Balaban J connectivity index is 1.24. The SMILES string of the molecule is C#CCCC1(CCC(=O)Nc2ccc(OCc3cn4ccccc4n3)cc2)N=N1. The molecule has 7 nitrogen and oxygen atoms in total. The second kappa shape index (κ2) is 8.15. The van der Waals surface area contributed by atoms with E-state index in [1.54, 1.807) is 0 Å². The Hall–Kier alpha value is -3.66. The molecular formula is C22H21N5O2. The topological polar surface area (TPSA) is 80.3 Å². The van der Waals surface area contributed by atoms with Crippen molar-refractivity contribution in [1.29, 1.82) is 0 Å². The van der Waals surface area contributed by atoms with Crippen LogP contribution in [0.2, 0.25) is 0 Å². The second-order valence-corrected chi connectivity index (χ2v) is 6.95. The van der Waals surface area contributed by atoms with Crippen molar-refractivity contribution in [2.75, 3.05) is 5.32 Å². The summed E-state index contributed by atoms with van der Waals surface area (Å²) in [5, 5.41) is 11.0.